The molecule has 11 heavy (non-hydrogen) atoms. The first-order valence-corrected chi connectivity index (χ1v) is 5.30. The molecule has 0 aliphatic heterocycles. The zero-order chi connectivity index (χ0) is 8.54. The molecule has 0 aromatic carbocycles. The first-order chi connectivity index (χ1) is 4.96. The highest BCUT2D eigenvalue weighted by molar-refractivity contribution is 9.12. The van der Waals surface area contributed by atoms with Crippen molar-refractivity contribution in [1.82, 2.24) is 0 Å². The molecule has 0 radical (unpaired) electrons. The number of hydrogen-bond donors (Lipinski definition) is 0. The topological polar surface area (TPSA) is 0 Å². The second kappa shape index (κ2) is 3.29. The van der Waals surface area contributed by atoms with Crippen LogP contribution in [0.2, 0.25) is 0 Å². The lowest BCUT2D eigenvalue weighted by Crippen LogP contribution is -2.39. The Morgan fingerprint density at radius 1 is 1.09 bits per heavy atom. The maximum atomic E-state index is 12.9. The molecule has 1 rings (SSSR count). The second-order valence-electron chi connectivity index (χ2n) is 3.02. The van der Waals surface area contributed by atoms with Crippen molar-refractivity contribution in [2.45, 2.75) is 41.3 Å². The van der Waals surface area contributed by atoms with Crippen molar-refractivity contribution in [3.63, 3.8) is 0 Å². The minimum Gasteiger partial charge on any atom is -0.192 e. The van der Waals surface area contributed by atoms with E-state index in [2.05, 4.69) is 31.9 Å². The molecule has 0 nitrogen and oxygen atoms in total. The fourth-order valence-electron chi connectivity index (χ4n) is 1.40. The molecule has 1 saturated carbocycles. The first kappa shape index (κ1) is 9.90. The van der Waals surface area contributed by atoms with Crippen molar-refractivity contribution in [3.8, 4) is 0 Å². The van der Waals surface area contributed by atoms with Gasteiger partial charge in [-0.3, -0.25) is 0 Å². The van der Waals surface area contributed by atoms with Crippen molar-refractivity contribution < 1.29 is 8.78 Å². The third kappa shape index (κ3) is 2.14. The average Bonchev–Trinajstić information content (AvgIpc) is 1.87. The molecule has 4 heteroatoms. The molecule has 1 aliphatic rings. The van der Waals surface area contributed by atoms with Gasteiger partial charge < -0.3 is 0 Å². The van der Waals surface area contributed by atoms with Crippen molar-refractivity contribution in [1.29, 1.82) is 0 Å². The van der Waals surface area contributed by atoms with Crippen LogP contribution in [-0.4, -0.2) is 9.16 Å². The van der Waals surface area contributed by atoms with Crippen LogP contribution in [0.15, 0.2) is 0 Å². The van der Waals surface area contributed by atoms with Crippen LogP contribution in [0.1, 0.15) is 32.1 Å². The summed E-state index contributed by atoms with van der Waals surface area (Å²) in [7, 11) is 0. The van der Waals surface area contributed by atoms with Crippen LogP contribution in [-0.2, 0) is 0 Å². The molecular formula is C7H10Br2F2. The first-order valence-electron chi connectivity index (χ1n) is 3.71. The van der Waals surface area contributed by atoms with Crippen molar-refractivity contribution >= 4 is 31.9 Å². The summed E-state index contributed by atoms with van der Waals surface area (Å²) in [5.41, 5.74) is 0. The van der Waals surface area contributed by atoms with Crippen LogP contribution < -0.4 is 0 Å². The third-order valence-corrected chi connectivity index (χ3v) is 4.74. The van der Waals surface area contributed by atoms with Gasteiger partial charge in [0.05, 0.1) is 4.32 Å². The molecule has 0 aromatic rings. The van der Waals surface area contributed by atoms with Gasteiger partial charge >= 0.3 is 4.83 Å². The Labute approximate surface area is 82.0 Å². The second-order valence-corrected chi connectivity index (χ2v) is 5.54. The van der Waals surface area contributed by atoms with Crippen LogP contribution in [0.4, 0.5) is 8.78 Å². The van der Waals surface area contributed by atoms with Crippen LogP contribution in [0.5, 0.6) is 0 Å². The summed E-state index contributed by atoms with van der Waals surface area (Å²) < 4.78 is 24.7. The fraction of sp³-hybridized carbons (Fsp3) is 1.00. The Bertz CT molecular complexity index is 136. The molecule has 0 bridgehead atoms. The summed E-state index contributed by atoms with van der Waals surface area (Å²) in [5.74, 6) is 0. The monoisotopic (exact) mass is 290 g/mol. The highest BCUT2D eigenvalue weighted by Crippen LogP contribution is 2.50. The largest absolute Gasteiger partial charge is 0.316 e. The highest BCUT2D eigenvalue weighted by atomic mass is 79.9. The zero-order valence-electron chi connectivity index (χ0n) is 6.05. The summed E-state index contributed by atoms with van der Waals surface area (Å²) in [6, 6.07) is 0. The smallest absolute Gasteiger partial charge is 0.192 e. The number of alkyl halides is 4. The maximum Gasteiger partial charge on any atom is 0.316 e. The van der Waals surface area contributed by atoms with Gasteiger partial charge in [0.15, 0.2) is 0 Å². The van der Waals surface area contributed by atoms with Crippen LogP contribution in [0, 0.1) is 0 Å². The third-order valence-electron chi connectivity index (χ3n) is 2.15. The normalized spacial score (nSPS) is 25.1. The molecule has 0 saturated heterocycles. The van der Waals surface area contributed by atoms with Crippen LogP contribution in [0.25, 0.3) is 0 Å². The quantitative estimate of drug-likeness (QED) is 0.639. The van der Waals surface area contributed by atoms with Gasteiger partial charge in [-0.25, -0.2) is 0 Å². The van der Waals surface area contributed by atoms with Gasteiger partial charge in [-0.05, 0) is 28.8 Å². The minimum atomic E-state index is -2.76. The number of rotatable bonds is 1. The van der Waals surface area contributed by atoms with E-state index in [9.17, 15) is 8.78 Å². The Hall–Kier alpha value is 0.820. The van der Waals surface area contributed by atoms with Gasteiger partial charge in [0.25, 0.3) is 0 Å². The van der Waals surface area contributed by atoms with Gasteiger partial charge in [0.2, 0.25) is 0 Å². The lowest BCUT2D eigenvalue weighted by molar-refractivity contribution is 0.0522. The molecule has 0 unspecified atom stereocenters. The predicted molar refractivity (Wildman–Crippen MR) is 48.6 cm³/mol. The Kier molecular flexibility index (Phi) is 2.96. The van der Waals surface area contributed by atoms with E-state index in [0.29, 0.717) is 12.8 Å². The molecule has 0 atom stereocenters. The molecule has 0 spiro atoms. The number of halogens is 4. The Morgan fingerprint density at radius 3 is 1.82 bits per heavy atom. The van der Waals surface area contributed by atoms with E-state index >= 15 is 0 Å². The standard InChI is InChI=1S/C7H10Br2F2/c8-6(7(9,10)11)4-2-1-3-5-6/h1-5H2. The van der Waals surface area contributed by atoms with Gasteiger partial charge in [-0.1, -0.05) is 35.2 Å². The molecule has 0 N–H and O–H groups in total. The molecular weight excluding hydrogens is 282 g/mol. The summed E-state index contributed by atoms with van der Waals surface area (Å²) >= 11 is 5.54. The molecule has 0 amide bonds. The summed E-state index contributed by atoms with van der Waals surface area (Å²) in [4.78, 5) is -2.76. The Morgan fingerprint density at radius 2 is 1.55 bits per heavy atom. The SMILES string of the molecule is FC(F)(Br)C1(Br)CCCCC1. The maximum absolute atomic E-state index is 12.9. The van der Waals surface area contributed by atoms with E-state index in [0.717, 1.165) is 19.3 Å². The Balaban J connectivity index is 2.64. The van der Waals surface area contributed by atoms with E-state index in [4.69, 9.17) is 0 Å². The van der Waals surface area contributed by atoms with Crippen molar-refractivity contribution in [3.05, 3.63) is 0 Å². The summed E-state index contributed by atoms with van der Waals surface area (Å²) in [6.07, 6.45) is 3.99. The molecule has 0 heterocycles. The number of hydrogen-bond acceptors (Lipinski definition) is 0. The van der Waals surface area contributed by atoms with Gasteiger partial charge in [0.1, 0.15) is 0 Å². The van der Waals surface area contributed by atoms with Gasteiger partial charge in [0, 0.05) is 0 Å². The summed E-state index contributed by atoms with van der Waals surface area (Å²) in [5, 5.41) is 0. The predicted octanol–water partition coefficient (Wildman–Crippen LogP) is 4.07. The van der Waals surface area contributed by atoms with E-state index in [1.807, 2.05) is 0 Å². The van der Waals surface area contributed by atoms with Crippen molar-refractivity contribution in [2.24, 2.45) is 0 Å². The van der Waals surface area contributed by atoms with E-state index in [-0.39, 0.29) is 0 Å². The van der Waals surface area contributed by atoms with E-state index < -0.39 is 9.16 Å². The van der Waals surface area contributed by atoms with Crippen LogP contribution >= 0.6 is 31.9 Å². The molecule has 1 fully saturated rings. The molecule has 0 aromatic heterocycles. The van der Waals surface area contributed by atoms with Gasteiger partial charge in [-0.2, -0.15) is 8.78 Å². The zero-order valence-corrected chi connectivity index (χ0v) is 9.22. The van der Waals surface area contributed by atoms with Crippen molar-refractivity contribution in [2.75, 3.05) is 0 Å². The minimum absolute atomic E-state index is 0.561. The lowest BCUT2D eigenvalue weighted by Gasteiger charge is -2.35. The van der Waals surface area contributed by atoms with E-state index in [1.165, 1.54) is 0 Å². The summed E-state index contributed by atoms with van der Waals surface area (Å²) in [6.45, 7) is 0. The molecule has 66 valence electrons. The fourth-order valence-corrected chi connectivity index (χ4v) is 2.35. The highest BCUT2D eigenvalue weighted by Gasteiger charge is 2.49. The van der Waals surface area contributed by atoms with Crippen LogP contribution in [0.3, 0.4) is 0 Å². The molecule has 1 aliphatic carbocycles. The van der Waals surface area contributed by atoms with E-state index in [1.54, 1.807) is 0 Å². The average molecular weight is 292 g/mol. The lowest BCUT2D eigenvalue weighted by atomic mass is 9.89. The van der Waals surface area contributed by atoms with Gasteiger partial charge in [-0.15, -0.1) is 0 Å².